The summed E-state index contributed by atoms with van der Waals surface area (Å²) in [5.41, 5.74) is -2.95. The number of hydrogen-bond acceptors (Lipinski definition) is 6. The molecule has 1 aromatic rings. The van der Waals surface area contributed by atoms with E-state index in [1.54, 1.807) is 6.92 Å². The molecular formula is C10H19N3O6Si. The summed E-state index contributed by atoms with van der Waals surface area (Å²) in [4.78, 5) is 36.0. The molecule has 1 unspecified atom stereocenters. The molecule has 0 saturated carbocycles. The van der Waals surface area contributed by atoms with Gasteiger partial charge in [0.2, 0.25) is 0 Å². The third-order valence-corrected chi connectivity index (χ3v) is 6.30. The van der Waals surface area contributed by atoms with Crippen LogP contribution in [0.3, 0.4) is 0 Å². The van der Waals surface area contributed by atoms with Crippen LogP contribution in [-0.2, 0) is 27.4 Å². The summed E-state index contributed by atoms with van der Waals surface area (Å²) in [6.07, 6.45) is 0. The zero-order valence-corrected chi connectivity index (χ0v) is 13.4. The Morgan fingerprint density at radius 2 is 1.20 bits per heavy atom. The van der Waals surface area contributed by atoms with Gasteiger partial charge in [-0.2, -0.15) is 0 Å². The minimum Gasteiger partial charge on any atom is -0.376 e. The third-order valence-electron chi connectivity index (χ3n) is 3.31. The van der Waals surface area contributed by atoms with Gasteiger partial charge in [-0.05, 0) is 6.92 Å². The first-order chi connectivity index (χ1) is 9.27. The first kappa shape index (κ1) is 16.6. The van der Waals surface area contributed by atoms with E-state index in [1.807, 2.05) is 0 Å². The Hall–Kier alpha value is -1.49. The van der Waals surface area contributed by atoms with Gasteiger partial charge in [-0.1, -0.05) is 0 Å². The lowest BCUT2D eigenvalue weighted by molar-refractivity contribution is 0.102. The van der Waals surface area contributed by atoms with Gasteiger partial charge in [0, 0.05) is 35.4 Å². The van der Waals surface area contributed by atoms with E-state index in [0.717, 1.165) is 13.7 Å². The Bertz CT molecular complexity index is 608. The quantitative estimate of drug-likeness (QED) is 0.597. The van der Waals surface area contributed by atoms with E-state index in [2.05, 4.69) is 0 Å². The highest BCUT2D eigenvalue weighted by Crippen LogP contribution is 2.20. The summed E-state index contributed by atoms with van der Waals surface area (Å²) in [6, 6.07) is 0. The van der Waals surface area contributed by atoms with Gasteiger partial charge >= 0.3 is 25.9 Å². The van der Waals surface area contributed by atoms with Crippen LogP contribution in [0.4, 0.5) is 0 Å². The fourth-order valence-corrected chi connectivity index (χ4v) is 4.11. The highest BCUT2D eigenvalue weighted by molar-refractivity contribution is 6.61. The topological polar surface area (TPSA) is 93.7 Å². The molecule has 1 aromatic heterocycles. The molecule has 1 heterocycles. The van der Waals surface area contributed by atoms with Crippen LogP contribution in [0, 0.1) is 0 Å². The van der Waals surface area contributed by atoms with Gasteiger partial charge in [0.05, 0.1) is 0 Å². The Kier molecular flexibility index (Phi) is 4.86. The van der Waals surface area contributed by atoms with E-state index in [4.69, 9.17) is 13.3 Å². The second-order valence-electron chi connectivity index (χ2n) is 4.23. The van der Waals surface area contributed by atoms with Gasteiger partial charge < -0.3 is 13.3 Å². The lowest BCUT2D eigenvalue weighted by atomic mass is 10.7. The zero-order chi connectivity index (χ0) is 15.7. The van der Waals surface area contributed by atoms with Crippen LogP contribution in [0.25, 0.3) is 0 Å². The molecule has 20 heavy (non-hydrogen) atoms. The van der Waals surface area contributed by atoms with Crippen molar-refractivity contribution in [2.45, 2.75) is 12.6 Å². The highest BCUT2D eigenvalue weighted by atomic mass is 28.4. The van der Waals surface area contributed by atoms with Crippen LogP contribution in [0.1, 0.15) is 12.6 Å². The molecule has 0 aliphatic carbocycles. The second-order valence-corrected chi connectivity index (χ2v) is 7.50. The molecule has 0 radical (unpaired) electrons. The first-order valence-electron chi connectivity index (χ1n) is 5.81. The van der Waals surface area contributed by atoms with E-state index >= 15 is 0 Å². The molecule has 0 aliphatic rings. The van der Waals surface area contributed by atoms with Crippen LogP contribution in [-0.4, -0.2) is 43.8 Å². The Balaban J connectivity index is 3.68. The van der Waals surface area contributed by atoms with Crippen molar-refractivity contribution in [3.05, 3.63) is 31.5 Å². The molecule has 0 bridgehead atoms. The lowest BCUT2D eigenvalue weighted by Gasteiger charge is -2.30. The van der Waals surface area contributed by atoms with Crippen LogP contribution in [0.5, 0.6) is 0 Å². The molecule has 0 saturated heterocycles. The van der Waals surface area contributed by atoms with Crippen molar-refractivity contribution in [1.82, 2.24) is 13.7 Å². The number of nitrogens with zero attached hydrogens (tertiary/aromatic N) is 3. The maximum absolute atomic E-state index is 12.2. The molecule has 0 fully saturated rings. The Labute approximate surface area is 116 Å². The molecule has 1 rings (SSSR count). The molecule has 0 aromatic carbocycles. The molecule has 0 spiro atoms. The summed E-state index contributed by atoms with van der Waals surface area (Å²) < 4.78 is 18.4. The average Bonchev–Trinajstić information content (AvgIpc) is 2.46. The van der Waals surface area contributed by atoms with E-state index < -0.39 is 31.5 Å². The van der Waals surface area contributed by atoms with Crippen LogP contribution < -0.4 is 17.1 Å². The van der Waals surface area contributed by atoms with Gasteiger partial charge in [-0.25, -0.2) is 28.1 Å². The van der Waals surface area contributed by atoms with Gasteiger partial charge in [0.25, 0.3) is 0 Å². The predicted molar refractivity (Wildman–Crippen MR) is 72.7 cm³/mol. The number of rotatable bonds is 5. The predicted octanol–water partition coefficient (Wildman–Crippen LogP) is -1.78. The van der Waals surface area contributed by atoms with Crippen LogP contribution >= 0.6 is 0 Å². The van der Waals surface area contributed by atoms with Gasteiger partial charge in [0.15, 0.2) is 0 Å². The van der Waals surface area contributed by atoms with Crippen molar-refractivity contribution in [1.29, 1.82) is 0 Å². The van der Waals surface area contributed by atoms with E-state index in [-0.39, 0.29) is 0 Å². The maximum Gasteiger partial charge on any atom is 0.524 e. The second kappa shape index (κ2) is 5.87. The van der Waals surface area contributed by atoms with Gasteiger partial charge in [-0.3, -0.25) is 0 Å². The normalized spacial score (nSPS) is 13.5. The first-order valence-corrected chi connectivity index (χ1v) is 7.61. The molecule has 0 amide bonds. The molecule has 1 atom stereocenters. The van der Waals surface area contributed by atoms with Gasteiger partial charge in [0.1, 0.15) is 5.67 Å². The molecule has 0 aliphatic heterocycles. The van der Waals surface area contributed by atoms with Crippen LogP contribution in [0.2, 0.25) is 0 Å². The van der Waals surface area contributed by atoms with Crippen LogP contribution in [0.15, 0.2) is 14.4 Å². The minimum absolute atomic E-state index is 0.692. The largest absolute Gasteiger partial charge is 0.524 e. The summed E-state index contributed by atoms with van der Waals surface area (Å²) >= 11 is 0. The fraction of sp³-hybridized carbons (Fsp3) is 0.700. The van der Waals surface area contributed by atoms with Crippen molar-refractivity contribution < 1.29 is 13.3 Å². The minimum atomic E-state index is -3.25. The van der Waals surface area contributed by atoms with E-state index in [1.165, 1.54) is 35.4 Å². The smallest absolute Gasteiger partial charge is 0.376 e. The van der Waals surface area contributed by atoms with Crippen molar-refractivity contribution in [3.63, 3.8) is 0 Å². The summed E-state index contributed by atoms with van der Waals surface area (Å²) in [6.45, 7) is 1.58. The average molecular weight is 305 g/mol. The van der Waals surface area contributed by atoms with E-state index in [0.29, 0.717) is 0 Å². The SMILES string of the molecule is CO[Si](OC)(OC)C(C)n1c(=O)n(C)c(=O)n(C)c1=O. The Morgan fingerprint density at radius 3 is 1.50 bits per heavy atom. The molecule has 9 nitrogen and oxygen atoms in total. The molecular weight excluding hydrogens is 286 g/mol. The summed E-state index contributed by atoms with van der Waals surface area (Å²) in [7, 11) is 3.48. The summed E-state index contributed by atoms with van der Waals surface area (Å²) in [5, 5.41) is 0. The fourth-order valence-electron chi connectivity index (χ4n) is 2.04. The Morgan fingerprint density at radius 1 is 0.850 bits per heavy atom. The summed E-state index contributed by atoms with van der Waals surface area (Å²) in [5.74, 6) is 0. The monoisotopic (exact) mass is 305 g/mol. The highest BCUT2D eigenvalue weighted by Gasteiger charge is 2.47. The molecule has 114 valence electrons. The maximum atomic E-state index is 12.2. The standard InChI is InChI=1S/C10H19N3O6Si/c1-7(20(17-4,18-5)19-6)13-9(15)11(2)8(14)12(3)10(13)16/h7H,1-6H3. The number of hydrogen-bond donors (Lipinski definition) is 0. The molecule has 10 heteroatoms. The number of aromatic nitrogens is 3. The third kappa shape index (κ3) is 2.30. The van der Waals surface area contributed by atoms with Crippen molar-refractivity contribution >= 4 is 8.80 Å². The van der Waals surface area contributed by atoms with Crippen molar-refractivity contribution in [2.75, 3.05) is 21.3 Å². The molecule has 0 N–H and O–H groups in total. The lowest BCUT2D eigenvalue weighted by Crippen LogP contribution is -2.60. The van der Waals surface area contributed by atoms with Gasteiger partial charge in [-0.15, -0.1) is 0 Å². The van der Waals surface area contributed by atoms with Crippen molar-refractivity contribution in [2.24, 2.45) is 14.1 Å². The van der Waals surface area contributed by atoms with Crippen molar-refractivity contribution in [3.8, 4) is 0 Å². The van der Waals surface area contributed by atoms with E-state index in [9.17, 15) is 14.4 Å². The zero-order valence-electron chi connectivity index (χ0n) is 12.4.